The normalized spacial score (nSPS) is 12.7. The zero-order valence-corrected chi connectivity index (χ0v) is 13.1. The van der Waals surface area contributed by atoms with E-state index >= 15 is 0 Å². The van der Waals surface area contributed by atoms with Crippen molar-refractivity contribution in [3.05, 3.63) is 47.6 Å². The molecule has 0 spiro atoms. The number of aromatic amines is 1. The van der Waals surface area contributed by atoms with Crippen molar-refractivity contribution in [2.24, 2.45) is 0 Å². The van der Waals surface area contributed by atoms with E-state index in [1.165, 1.54) is 5.56 Å². The minimum atomic E-state index is 0.232. The first-order valence-electron chi connectivity index (χ1n) is 7.53. The Bertz CT molecular complexity index is 726. The largest absolute Gasteiger partial charge is 0.463 e. The van der Waals surface area contributed by atoms with Crippen molar-refractivity contribution >= 4 is 0 Å². The summed E-state index contributed by atoms with van der Waals surface area (Å²) in [5.74, 6) is 0.774. The van der Waals surface area contributed by atoms with Crippen LogP contribution in [0.5, 0.6) is 0 Å². The first kappa shape index (κ1) is 14.6. The summed E-state index contributed by atoms with van der Waals surface area (Å²) in [5, 5.41) is 15.3. The predicted octanol–water partition coefficient (Wildman–Crippen LogP) is 3.05. The van der Waals surface area contributed by atoms with Gasteiger partial charge in [-0.1, -0.05) is 0 Å². The lowest BCUT2D eigenvalue weighted by atomic mass is 10.1. The molecule has 0 aliphatic rings. The molecule has 3 aromatic heterocycles. The molecule has 22 heavy (non-hydrogen) atoms. The van der Waals surface area contributed by atoms with Gasteiger partial charge in [0.2, 0.25) is 0 Å². The Morgan fingerprint density at radius 1 is 1.45 bits per heavy atom. The van der Waals surface area contributed by atoms with E-state index in [0.717, 1.165) is 29.4 Å². The van der Waals surface area contributed by atoms with Crippen molar-refractivity contribution in [1.82, 2.24) is 25.3 Å². The van der Waals surface area contributed by atoms with Crippen molar-refractivity contribution in [3.63, 3.8) is 0 Å². The molecule has 0 fully saturated rings. The first-order valence-corrected chi connectivity index (χ1v) is 7.53. The molecule has 0 amide bonds. The highest BCUT2D eigenvalue weighted by molar-refractivity contribution is 5.51. The summed E-state index contributed by atoms with van der Waals surface area (Å²) in [7, 11) is 0. The van der Waals surface area contributed by atoms with Gasteiger partial charge in [-0.2, -0.15) is 10.2 Å². The fourth-order valence-electron chi connectivity index (χ4n) is 2.50. The van der Waals surface area contributed by atoms with Gasteiger partial charge in [-0.05, 0) is 39.0 Å². The van der Waals surface area contributed by atoms with Crippen LogP contribution < -0.4 is 5.32 Å². The Hall–Kier alpha value is -2.34. The van der Waals surface area contributed by atoms with Gasteiger partial charge < -0.3 is 9.73 Å². The van der Waals surface area contributed by atoms with Gasteiger partial charge in [0.15, 0.2) is 5.76 Å². The third kappa shape index (κ3) is 2.96. The topological polar surface area (TPSA) is 71.7 Å². The third-order valence-electron chi connectivity index (χ3n) is 3.78. The first-order chi connectivity index (χ1) is 10.7. The lowest BCUT2D eigenvalue weighted by Gasteiger charge is -2.11. The zero-order valence-electron chi connectivity index (χ0n) is 13.1. The molecule has 0 saturated heterocycles. The Balaban J connectivity index is 1.63. The minimum Gasteiger partial charge on any atom is -0.463 e. The average molecular weight is 299 g/mol. The number of hydrogen-bond acceptors (Lipinski definition) is 4. The fourth-order valence-corrected chi connectivity index (χ4v) is 2.50. The van der Waals surface area contributed by atoms with E-state index in [2.05, 4.69) is 40.7 Å². The van der Waals surface area contributed by atoms with Gasteiger partial charge in [0, 0.05) is 36.6 Å². The van der Waals surface area contributed by atoms with Crippen LogP contribution in [0, 0.1) is 6.92 Å². The maximum Gasteiger partial charge on any atom is 0.154 e. The number of aryl methyl sites for hydroxylation is 2. The smallest absolute Gasteiger partial charge is 0.154 e. The van der Waals surface area contributed by atoms with E-state index in [0.29, 0.717) is 6.54 Å². The highest BCUT2D eigenvalue weighted by Gasteiger charge is 2.13. The second-order valence-electron chi connectivity index (χ2n) is 5.38. The molecule has 0 radical (unpaired) electrons. The van der Waals surface area contributed by atoms with E-state index in [-0.39, 0.29) is 6.04 Å². The van der Waals surface area contributed by atoms with Gasteiger partial charge in [0.25, 0.3) is 0 Å². The third-order valence-corrected chi connectivity index (χ3v) is 3.78. The molecule has 0 aromatic carbocycles. The Morgan fingerprint density at radius 2 is 2.32 bits per heavy atom. The molecule has 116 valence electrons. The standard InChI is InChI=1S/C16H21N5O/c1-4-21-10-14(12(3)20-21)11(2)17-9-13-8-15(19-18-13)16-6-5-7-22-16/h5-8,10-11,17H,4,9H2,1-3H3,(H,18,19). The van der Waals surface area contributed by atoms with Crippen LogP contribution in [-0.4, -0.2) is 20.0 Å². The Morgan fingerprint density at radius 3 is 3.00 bits per heavy atom. The molecule has 2 N–H and O–H groups in total. The van der Waals surface area contributed by atoms with Crippen molar-refractivity contribution in [2.75, 3.05) is 0 Å². The van der Waals surface area contributed by atoms with Crippen LogP contribution in [0.25, 0.3) is 11.5 Å². The van der Waals surface area contributed by atoms with Gasteiger partial charge in [0.1, 0.15) is 5.69 Å². The van der Waals surface area contributed by atoms with E-state index in [1.54, 1.807) is 6.26 Å². The second-order valence-corrected chi connectivity index (χ2v) is 5.38. The highest BCUT2D eigenvalue weighted by Crippen LogP contribution is 2.19. The van der Waals surface area contributed by atoms with E-state index in [4.69, 9.17) is 4.42 Å². The number of hydrogen-bond donors (Lipinski definition) is 2. The number of nitrogens with zero attached hydrogens (tertiary/aromatic N) is 3. The van der Waals surface area contributed by atoms with Gasteiger partial charge in [-0.15, -0.1) is 0 Å². The minimum absolute atomic E-state index is 0.232. The molecular weight excluding hydrogens is 278 g/mol. The summed E-state index contributed by atoms with van der Waals surface area (Å²) in [6, 6.07) is 5.99. The number of aromatic nitrogens is 4. The average Bonchev–Trinajstić information content (AvgIpc) is 3.24. The molecule has 1 unspecified atom stereocenters. The molecule has 3 heterocycles. The monoisotopic (exact) mass is 299 g/mol. The summed E-state index contributed by atoms with van der Waals surface area (Å²) < 4.78 is 7.31. The maximum absolute atomic E-state index is 5.34. The quantitative estimate of drug-likeness (QED) is 0.734. The van der Waals surface area contributed by atoms with Crippen LogP contribution in [0.15, 0.2) is 35.1 Å². The molecule has 3 rings (SSSR count). The number of nitrogens with one attached hydrogen (secondary N) is 2. The van der Waals surface area contributed by atoms with Gasteiger partial charge >= 0.3 is 0 Å². The fraction of sp³-hybridized carbons (Fsp3) is 0.375. The van der Waals surface area contributed by atoms with Crippen molar-refractivity contribution in [3.8, 4) is 11.5 Å². The van der Waals surface area contributed by atoms with Crippen LogP contribution in [-0.2, 0) is 13.1 Å². The number of furan rings is 1. The molecule has 6 nitrogen and oxygen atoms in total. The summed E-state index contributed by atoms with van der Waals surface area (Å²) in [6.07, 6.45) is 3.76. The molecule has 1 atom stereocenters. The summed E-state index contributed by atoms with van der Waals surface area (Å²) in [4.78, 5) is 0. The van der Waals surface area contributed by atoms with E-state index in [1.807, 2.05) is 29.8 Å². The van der Waals surface area contributed by atoms with Gasteiger partial charge in [-0.3, -0.25) is 9.78 Å². The van der Waals surface area contributed by atoms with Crippen LogP contribution >= 0.6 is 0 Å². The van der Waals surface area contributed by atoms with Crippen LogP contribution in [0.2, 0.25) is 0 Å². The van der Waals surface area contributed by atoms with Gasteiger partial charge in [0.05, 0.1) is 12.0 Å². The second kappa shape index (κ2) is 6.19. The molecular formula is C16H21N5O. The Kier molecular flexibility index (Phi) is 4.11. The van der Waals surface area contributed by atoms with E-state index < -0.39 is 0 Å². The Labute approximate surface area is 129 Å². The molecule has 0 aliphatic heterocycles. The van der Waals surface area contributed by atoms with Crippen LogP contribution in [0.1, 0.15) is 36.8 Å². The molecule has 0 aliphatic carbocycles. The molecule has 6 heteroatoms. The summed E-state index contributed by atoms with van der Waals surface area (Å²) >= 11 is 0. The SMILES string of the molecule is CCn1cc(C(C)NCc2cc(-c3ccco3)n[nH]2)c(C)n1. The van der Waals surface area contributed by atoms with Crippen LogP contribution in [0.3, 0.4) is 0 Å². The summed E-state index contributed by atoms with van der Waals surface area (Å²) in [5.41, 5.74) is 4.15. The van der Waals surface area contributed by atoms with Crippen LogP contribution in [0.4, 0.5) is 0 Å². The zero-order chi connectivity index (χ0) is 15.5. The number of rotatable bonds is 6. The van der Waals surface area contributed by atoms with Crippen molar-refractivity contribution in [2.45, 2.75) is 39.9 Å². The molecule has 0 saturated carbocycles. The number of H-pyrrole nitrogens is 1. The van der Waals surface area contributed by atoms with Crippen molar-refractivity contribution in [1.29, 1.82) is 0 Å². The highest BCUT2D eigenvalue weighted by atomic mass is 16.3. The molecule has 0 bridgehead atoms. The lowest BCUT2D eigenvalue weighted by molar-refractivity contribution is 0.564. The van der Waals surface area contributed by atoms with Crippen molar-refractivity contribution < 1.29 is 4.42 Å². The lowest BCUT2D eigenvalue weighted by Crippen LogP contribution is -2.18. The maximum atomic E-state index is 5.34. The van der Waals surface area contributed by atoms with E-state index in [9.17, 15) is 0 Å². The van der Waals surface area contributed by atoms with Gasteiger partial charge in [-0.25, -0.2) is 0 Å². The summed E-state index contributed by atoms with van der Waals surface area (Å²) in [6.45, 7) is 7.89. The molecule has 3 aromatic rings. The predicted molar refractivity (Wildman–Crippen MR) is 84.2 cm³/mol.